The Kier molecular flexibility index (Phi) is 6.93. The van der Waals surface area contributed by atoms with E-state index in [1.807, 2.05) is 51.1 Å². The molecule has 0 spiro atoms. The fourth-order valence-corrected chi connectivity index (χ4v) is 3.72. The first kappa shape index (κ1) is 23.4. The van der Waals surface area contributed by atoms with E-state index in [4.69, 9.17) is 18.9 Å². The number of rotatable bonds is 5. The van der Waals surface area contributed by atoms with Gasteiger partial charge in [-0.2, -0.15) is 0 Å². The van der Waals surface area contributed by atoms with Crippen molar-refractivity contribution in [3.8, 4) is 11.5 Å². The van der Waals surface area contributed by atoms with Crippen LogP contribution in [0.15, 0.2) is 48.5 Å². The van der Waals surface area contributed by atoms with Gasteiger partial charge in [0.05, 0.1) is 27.4 Å². The van der Waals surface area contributed by atoms with Crippen LogP contribution in [0.1, 0.15) is 44.2 Å². The number of hydrogen-bond donors (Lipinski definition) is 1. The Morgan fingerprint density at radius 3 is 2.25 bits per heavy atom. The first-order chi connectivity index (χ1) is 15.2. The van der Waals surface area contributed by atoms with E-state index in [9.17, 15) is 9.59 Å². The van der Waals surface area contributed by atoms with Gasteiger partial charge < -0.3 is 24.3 Å². The van der Waals surface area contributed by atoms with Crippen LogP contribution in [0.5, 0.6) is 11.5 Å². The molecule has 8 nitrogen and oxygen atoms in total. The lowest BCUT2D eigenvalue weighted by molar-refractivity contribution is -0.154. The van der Waals surface area contributed by atoms with E-state index in [0.717, 1.165) is 5.56 Å². The molecule has 0 radical (unpaired) electrons. The molecule has 1 aliphatic rings. The molecule has 0 aromatic heterocycles. The first-order valence-corrected chi connectivity index (χ1v) is 10.3. The quantitative estimate of drug-likeness (QED) is 0.709. The van der Waals surface area contributed by atoms with E-state index < -0.39 is 29.9 Å². The van der Waals surface area contributed by atoms with E-state index in [-0.39, 0.29) is 6.03 Å². The van der Waals surface area contributed by atoms with Gasteiger partial charge in [-0.25, -0.2) is 9.59 Å². The predicted molar refractivity (Wildman–Crippen MR) is 118 cm³/mol. The zero-order valence-electron chi connectivity index (χ0n) is 19.2. The maximum absolute atomic E-state index is 13.5. The molecule has 2 amide bonds. The number of methoxy groups -OCH3 is 3. The second kappa shape index (κ2) is 9.48. The molecule has 3 unspecified atom stereocenters. The van der Waals surface area contributed by atoms with Gasteiger partial charge in [-0.1, -0.05) is 30.3 Å². The first-order valence-electron chi connectivity index (χ1n) is 10.3. The van der Waals surface area contributed by atoms with E-state index in [2.05, 4.69) is 5.32 Å². The van der Waals surface area contributed by atoms with E-state index in [1.54, 1.807) is 25.3 Å². The van der Waals surface area contributed by atoms with Crippen molar-refractivity contribution >= 4 is 12.0 Å². The van der Waals surface area contributed by atoms with Crippen molar-refractivity contribution in [1.82, 2.24) is 10.2 Å². The van der Waals surface area contributed by atoms with Crippen molar-refractivity contribution in [2.45, 2.75) is 44.7 Å². The fourth-order valence-electron chi connectivity index (χ4n) is 3.72. The van der Waals surface area contributed by atoms with Gasteiger partial charge in [-0.15, -0.1) is 0 Å². The van der Waals surface area contributed by atoms with Crippen LogP contribution in [-0.2, 0) is 14.3 Å². The highest BCUT2D eigenvalue weighted by atomic mass is 16.6. The number of carbonyl (C=O) groups excluding carboxylic acids is 2. The molecule has 1 aliphatic heterocycles. The molecular formula is C24H30N2O6. The molecule has 172 valence electrons. The lowest BCUT2D eigenvalue weighted by Gasteiger charge is -2.33. The van der Waals surface area contributed by atoms with Crippen molar-refractivity contribution in [1.29, 1.82) is 0 Å². The number of hydrogen-bond acceptors (Lipinski definition) is 6. The van der Waals surface area contributed by atoms with Crippen LogP contribution in [0.3, 0.4) is 0 Å². The molecule has 2 aromatic rings. The predicted octanol–water partition coefficient (Wildman–Crippen LogP) is 3.83. The number of nitrogens with one attached hydrogen (secondary N) is 1. The minimum atomic E-state index is -1.02. The molecule has 1 heterocycles. The smallest absolute Gasteiger partial charge is 0.337 e. The minimum absolute atomic E-state index is 0.374. The lowest BCUT2D eigenvalue weighted by atomic mass is 10.00. The van der Waals surface area contributed by atoms with Crippen LogP contribution in [0.25, 0.3) is 0 Å². The second-order valence-electron chi connectivity index (χ2n) is 8.48. The number of benzene rings is 2. The molecule has 1 N–H and O–H groups in total. The molecule has 8 heteroatoms. The summed E-state index contributed by atoms with van der Waals surface area (Å²) in [6.45, 7) is 5.67. The summed E-state index contributed by atoms with van der Waals surface area (Å²) in [5.74, 6) is 0.501. The molecule has 3 atom stereocenters. The Morgan fingerprint density at radius 1 is 1.00 bits per heavy atom. The summed E-state index contributed by atoms with van der Waals surface area (Å²) in [5, 5.41) is 2.99. The molecular weight excluding hydrogens is 412 g/mol. The van der Waals surface area contributed by atoms with Gasteiger partial charge in [-0.3, -0.25) is 4.90 Å². The third-order valence-corrected chi connectivity index (χ3v) is 5.11. The van der Waals surface area contributed by atoms with E-state index in [0.29, 0.717) is 17.1 Å². The maximum Gasteiger partial charge on any atom is 0.337 e. The second-order valence-corrected chi connectivity index (χ2v) is 8.48. The van der Waals surface area contributed by atoms with Gasteiger partial charge in [0.15, 0.2) is 12.3 Å². The molecule has 0 bridgehead atoms. The summed E-state index contributed by atoms with van der Waals surface area (Å²) in [4.78, 5) is 27.8. The van der Waals surface area contributed by atoms with Crippen LogP contribution in [-0.4, -0.2) is 49.9 Å². The van der Waals surface area contributed by atoms with E-state index >= 15 is 0 Å². The summed E-state index contributed by atoms with van der Waals surface area (Å²) >= 11 is 0. The van der Waals surface area contributed by atoms with Crippen molar-refractivity contribution in [3.63, 3.8) is 0 Å². The number of carbonyl (C=O) groups is 2. The Morgan fingerprint density at radius 2 is 1.69 bits per heavy atom. The highest BCUT2D eigenvalue weighted by Gasteiger charge is 2.51. The van der Waals surface area contributed by atoms with Crippen LogP contribution < -0.4 is 14.8 Å². The van der Waals surface area contributed by atoms with Gasteiger partial charge >= 0.3 is 12.0 Å². The Balaban J connectivity index is 2.16. The molecule has 1 saturated heterocycles. The van der Waals surface area contributed by atoms with Crippen molar-refractivity contribution in [3.05, 3.63) is 59.7 Å². The highest BCUT2D eigenvalue weighted by molar-refractivity contribution is 5.81. The number of esters is 1. The largest absolute Gasteiger partial charge is 0.497 e. The molecule has 2 aromatic carbocycles. The van der Waals surface area contributed by atoms with Gasteiger partial charge in [-0.05, 0) is 38.5 Å². The van der Waals surface area contributed by atoms with Gasteiger partial charge in [0.25, 0.3) is 0 Å². The number of urea groups is 1. The summed E-state index contributed by atoms with van der Waals surface area (Å²) in [5.41, 5.74) is 0.836. The topological polar surface area (TPSA) is 86.3 Å². The van der Waals surface area contributed by atoms with Crippen molar-refractivity contribution in [2.24, 2.45) is 0 Å². The molecule has 0 saturated carbocycles. The third kappa shape index (κ3) is 4.80. The number of amides is 2. The van der Waals surface area contributed by atoms with Crippen LogP contribution >= 0.6 is 0 Å². The van der Waals surface area contributed by atoms with Crippen molar-refractivity contribution in [2.75, 3.05) is 21.3 Å². The minimum Gasteiger partial charge on any atom is -0.497 e. The zero-order valence-corrected chi connectivity index (χ0v) is 19.2. The zero-order chi connectivity index (χ0) is 23.5. The molecule has 32 heavy (non-hydrogen) atoms. The summed E-state index contributed by atoms with van der Waals surface area (Å²) in [6.07, 6.45) is -1.92. The summed E-state index contributed by atoms with van der Waals surface area (Å²) in [6, 6.07) is 13.4. The molecule has 0 aliphatic carbocycles. The Hall–Kier alpha value is -3.26. The average Bonchev–Trinajstić information content (AvgIpc) is 3.18. The summed E-state index contributed by atoms with van der Waals surface area (Å²) in [7, 11) is 4.39. The molecule has 1 fully saturated rings. The normalized spacial score (nSPS) is 20.6. The number of nitrogens with zero attached hydrogens (tertiary/aromatic N) is 1. The van der Waals surface area contributed by atoms with Crippen molar-refractivity contribution < 1.29 is 28.5 Å². The standard InChI is InChI=1S/C24H30N2O6/c1-24(2,3)25-23(28)26-19(15-10-8-7-9-11-15)20(22(27)31-6)32-21(26)17-13-12-16(29-4)14-18(17)30-5/h7-14,19-21H,1-6H3,(H,25,28). The molecule has 3 rings (SSSR count). The highest BCUT2D eigenvalue weighted by Crippen LogP contribution is 2.46. The van der Waals surface area contributed by atoms with Gasteiger partial charge in [0, 0.05) is 17.2 Å². The van der Waals surface area contributed by atoms with E-state index in [1.165, 1.54) is 19.1 Å². The van der Waals surface area contributed by atoms with Crippen LogP contribution in [0, 0.1) is 0 Å². The number of ether oxygens (including phenoxy) is 4. The lowest BCUT2D eigenvalue weighted by Crippen LogP contribution is -2.49. The summed E-state index contributed by atoms with van der Waals surface area (Å²) < 4.78 is 22.1. The Labute approximate surface area is 188 Å². The Bertz CT molecular complexity index is 957. The monoisotopic (exact) mass is 442 g/mol. The van der Waals surface area contributed by atoms with Crippen LogP contribution in [0.4, 0.5) is 4.79 Å². The van der Waals surface area contributed by atoms with Gasteiger partial charge in [0.2, 0.25) is 0 Å². The van der Waals surface area contributed by atoms with Crippen LogP contribution in [0.2, 0.25) is 0 Å². The van der Waals surface area contributed by atoms with Gasteiger partial charge in [0.1, 0.15) is 11.5 Å². The third-order valence-electron chi connectivity index (χ3n) is 5.11. The average molecular weight is 443 g/mol. The fraction of sp³-hybridized carbons (Fsp3) is 0.417. The SMILES string of the molecule is COC(=O)C1OC(c2ccc(OC)cc2OC)N(C(=O)NC(C)(C)C)C1c1ccccc1. The maximum atomic E-state index is 13.5.